The Balaban J connectivity index is 2.09. The molecule has 2 aromatic carbocycles. The third kappa shape index (κ3) is 4.94. The first-order valence-corrected chi connectivity index (χ1v) is 9.03. The molecule has 0 aromatic heterocycles. The average molecular weight is 352 g/mol. The van der Waals surface area contributed by atoms with E-state index in [9.17, 15) is 9.59 Å². The molecule has 4 heteroatoms. The first kappa shape index (κ1) is 19.7. The van der Waals surface area contributed by atoms with Gasteiger partial charge < -0.3 is 10.2 Å². The summed E-state index contributed by atoms with van der Waals surface area (Å²) in [7, 11) is 0. The second kappa shape index (κ2) is 8.65. The zero-order valence-electron chi connectivity index (χ0n) is 16.3. The van der Waals surface area contributed by atoms with Crippen LogP contribution in [0.1, 0.15) is 49.8 Å². The van der Waals surface area contributed by atoms with Crippen molar-refractivity contribution in [3.05, 3.63) is 59.2 Å². The van der Waals surface area contributed by atoms with Crippen molar-refractivity contribution in [1.82, 2.24) is 0 Å². The molecule has 0 saturated heterocycles. The molecule has 0 radical (unpaired) electrons. The molecule has 0 bridgehead atoms. The van der Waals surface area contributed by atoms with Gasteiger partial charge in [-0.2, -0.15) is 0 Å². The fraction of sp³-hybridized carbons (Fsp3) is 0.364. The topological polar surface area (TPSA) is 49.4 Å². The number of carbonyl (C=O) groups excluding carboxylic acids is 2. The Morgan fingerprint density at radius 3 is 2.38 bits per heavy atom. The van der Waals surface area contributed by atoms with Gasteiger partial charge in [0, 0.05) is 31.3 Å². The minimum atomic E-state index is -0.0832. The van der Waals surface area contributed by atoms with Crippen molar-refractivity contribution in [3.63, 3.8) is 0 Å². The molecule has 26 heavy (non-hydrogen) atoms. The fourth-order valence-corrected chi connectivity index (χ4v) is 3.02. The zero-order chi connectivity index (χ0) is 19.3. The van der Waals surface area contributed by atoms with Crippen LogP contribution < -0.4 is 10.2 Å². The zero-order valence-corrected chi connectivity index (χ0v) is 16.3. The third-order valence-corrected chi connectivity index (χ3v) is 4.45. The molecule has 2 aromatic rings. The van der Waals surface area contributed by atoms with Gasteiger partial charge in [-0.3, -0.25) is 9.59 Å². The number of para-hydroxylation sites is 1. The maximum atomic E-state index is 12.5. The van der Waals surface area contributed by atoms with Crippen LogP contribution in [-0.4, -0.2) is 18.4 Å². The van der Waals surface area contributed by atoms with Gasteiger partial charge in [0.2, 0.25) is 11.8 Å². The molecule has 0 saturated carbocycles. The van der Waals surface area contributed by atoms with Gasteiger partial charge in [0.1, 0.15) is 0 Å². The third-order valence-electron chi connectivity index (χ3n) is 4.45. The van der Waals surface area contributed by atoms with Crippen LogP contribution in [-0.2, 0) is 9.59 Å². The number of hydrogen-bond donors (Lipinski definition) is 1. The number of amides is 2. The van der Waals surface area contributed by atoms with Crippen LogP contribution in [0, 0.1) is 13.8 Å². The first-order chi connectivity index (χ1) is 12.3. The molecule has 0 heterocycles. The van der Waals surface area contributed by atoms with Crippen LogP contribution in [0.3, 0.4) is 0 Å². The molecule has 0 spiro atoms. The van der Waals surface area contributed by atoms with Crippen LogP contribution >= 0.6 is 0 Å². The van der Waals surface area contributed by atoms with E-state index in [1.54, 1.807) is 4.90 Å². The minimum Gasteiger partial charge on any atom is -0.326 e. The molecule has 0 unspecified atom stereocenters. The summed E-state index contributed by atoms with van der Waals surface area (Å²) in [5.74, 6) is 0.175. The second-order valence-corrected chi connectivity index (χ2v) is 7.00. The van der Waals surface area contributed by atoms with Gasteiger partial charge in [-0.05, 0) is 48.6 Å². The molecule has 0 fully saturated rings. The second-order valence-electron chi connectivity index (χ2n) is 7.00. The van der Waals surface area contributed by atoms with Crippen molar-refractivity contribution >= 4 is 23.2 Å². The Hall–Kier alpha value is -2.62. The SMILES string of the molecule is CC(=O)N(CCC(=O)Nc1c(C)cccc1C(C)C)c1cccc(C)c1. The van der Waals surface area contributed by atoms with E-state index in [4.69, 9.17) is 0 Å². The van der Waals surface area contributed by atoms with Crippen molar-refractivity contribution in [2.75, 3.05) is 16.8 Å². The molecule has 2 amide bonds. The molecule has 0 aliphatic heterocycles. The summed E-state index contributed by atoms with van der Waals surface area (Å²) in [6.45, 7) is 10.1. The summed E-state index contributed by atoms with van der Waals surface area (Å²) in [6.07, 6.45) is 0.249. The van der Waals surface area contributed by atoms with E-state index in [1.165, 1.54) is 6.92 Å². The van der Waals surface area contributed by atoms with Gasteiger partial charge in [0.25, 0.3) is 0 Å². The van der Waals surface area contributed by atoms with Crippen molar-refractivity contribution in [2.24, 2.45) is 0 Å². The molecule has 0 aliphatic carbocycles. The van der Waals surface area contributed by atoms with Crippen LogP contribution in [0.5, 0.6) is 0 Å². The van der Waals surface area contributed by atoms with Crippen LogP contribution in [0.25, 0.3) is 0 Å². The van der Waals surface area contributed by atoms with Gasteiger partial charge in [-0.25, -0.2) is 0 Å². The monoisotopic (exact) mass is 352 g/mol. The number of rotatable bonds is 6. The lowest BCUT2D eigenvalue weighted by Crippen LogP contribution is -2.32. The van der Waals surface area contributed by atoms with E-state index in [0.29, 0.717) is 12.5 Å². The minimum absolute atomic E-state index is 0.0674. The Kier molecular flexibility index (Phi) is 6.56. The highest BCUT2D eigenvalue weighted by molar-refractivity contribution is 5.95. The summed E-state index contributed by atoms with van der Waals surface area (Å²) in [5.41, 5.74) is 4.97. The highest BCUT2D eigenvalue weighted by Crippen LogP contribution is 2.27. The van der Waals surface area contributed by atoms with Gasteiger partial charge in [-0.1, -0.05) is 44.2 Å². The van der Waals surface area contributed by atoms with E-state index in [0.717, 1.165) is 28.1 Å². The Morgan fingerprint density at radius 1 is 1.08 bits per heavy atom. The van der Waals surface area contributed by atoms with Crippen LogP contribution in [0.4, 0.5) is 11.4 Å². The van der Waals surface area contributed by atoms with E-state index in [2.05, 4.69) is 19.2 Å². The first-order valence-electron chi connectivity index (χ1n) is 9.03. The lowest BCUT2D eigenvalue weighted by molar-refractivity contribution is -0.117. The Bertz CT molecular complexity index is 796. The number of benzene rings is 2. The predicted molar refractivity (Wildman–Crippen MR) is 108 cm³/mol. The normalized spacial score (nSPS) is 10.7. The molecular formula is C22H28N2O2. The van der Waals surface area contributed by atoms with Crippen molar-refractivity contribution in [2.45, 2.75) is 47.0 Å². The summed E-state index contributed by atoms with van der Waals surface area (Å²) in [5, 5.41) is 3.04. The summed E-state index contributed by atoms with van der Waals surface area (Å²) in [6, 6.07) is 13.8. The smallest absolute Gasteiger partial charge is 0.226 e. The standard InChI is InChI=1S/C22H28N2O2/c1-15(2)20-11-7-9-17(4)22(20)23-21(26)12-13-24(18(5)25)19-10-6-8-16(3)14-19/h6-11,14-15H,12-13H2,1-5H3,(H,23,26). The number of carbonyl (C=O) groups is 2. The van der Waals surface area contributed by atoms with Crippen molar-refractivity contribution in [1.29, 1.82) is 0 Å². The summed E-state index contributed by atoms with van der Waals surface area (Å²) >= 11 is 0. The van der Waals surface area contributed by atoms with Gasteiger partial charge in [0.05, 0.1) is 0 Å². The highest BCUT2D eigenvalue weighted by atomic mass is 16.2. The fourth-order valence-electron chi connectivity index (χ4n) is 3.02. The van der Waals surface area contributed by atoms with Gasteiger partial charge >= 0.3 is 0 Å². The lowest BCUT2D eigenvalue weighted by Gasteiger charge is -2.22. The van der Waals surface area contributed by atoms with Crippen LogP contribution in [0.2, 0.25) is 0 Å². The molecule has 0 atom stereocenters. The number of anilines is 2. The number of aryl methyl sites for hydroxylation is 2. The molecule has 0 aliphatic rings. The van der Waals surface area contributed by atoms with E-state index in [-0.39, 0.29) is 18.2 Å². The number of hydrogen-bond acceptors (Lipinski definition) is 2. The average Bonchev–Trinajstić information content (AvgIpc) is 2.56. The van der Waals surface area contributed by atoms with Crippen molar-refractivity contribution in [3.8, 4) is 0 Å². The largest absolute Gasteiger partial charge is 0.326 e. The number of nitrogens with zero attached hydrogens (tertiary/aromatic N) is 1. The summed E-state index contributed by atoms with van der Waals surface area (Å²) in [4.78, 5) is 26.2. The van der Waals surface area contributed by atoms with Gasteiger partial charge in [0.15, 0.2) is 0 Å². The van der Waals surface area contributed by atoms with E-state index in [1.807, 2.05) is 56.3 Å². The Morgan fingerprint density at radius 2 is 1.77 bits per heavy atom. The highest BCUT2D eigenvalue weighted by Gasteiger charge is 2.16. The Labute approximate surface area is 156 Å². The van der Waals surface area contributed by atoms with Crippen molar-refractivity contribution < 1.29 is 9.59 Å². The molecule has 4 nitrogen and oxygen atoms in total. The van der Waals surface area contributed by atoms with Crippen LogP contribution in [0.15, 0.2) is 42.5 Å². The predicted octanol–water partition coefficient (Wildman–Crippen LogP) is 4.81. The van der Waals surface area contributed by atoms with Gasteiger partial charge in [-0.15, -0.1) is 0 Å². The van der Waals surface area contributed by atoms with E-state index >= 15 is 0 Å². The maximum absolute atomic E-state index is 12.5. The molecule has 1 N–H and O–H groups in total. The number of nitrogens with one attached hydrogen (secondary N) is 1. The summed E-state index contributed by atoms with van der Waals surface area (Å²) < 4.78 is 0. The van der Waals surface area contributed by atoms with E-state index < -0.39 is 0 Å². The quantitative estimate of drug-likeness (QED) is 0.811. The molecular weight excluding hydrogens is 324 g/mol. The lowest BCUT2D eigenvalue weighted by atomic mass is 9.98. The maximum Gasteiger partial charge on any atom is 0.226 e. The molecule has 138 valence electrons. The molecule has 2 rings (SSSR count).